The van der Waals surface area contributed by atoms with E-state index in [0.29, 0.717) is 18.1 Å². The maximum absolute atomic E-state index is 6.66. The highest BCUT2D eigenvalue weighted by molar-refractivity contribution is 5.23. The maximum Gasteiger partial charge on any atom is 0.228 e. The van der Waals surface area contributed by atoms with Crippen molar-refractivity contribution in [2.24, 2.45) is 11.5 Å². The van der Waals surface area contributed by atoms with Crippen molar-refractivity contribution in [3.05, 3.63) is 83.5 Å². The summed E-state index contributed by atoms with van der Waals surface area (Å²) in [6.07, 6.45) is 2.39. The van der Waals surface area contributed by atoms with E-state index < -0.39 is 0 Å². The van der Waals surface area contributed by atoms with Crippen LogP contribution in [0.1, 0.15) is 41.7 Å². The van der Waals surface area contributed by atoms with Crippen LogP contribution < -0.4 is 11.5 Å². The molecule has 1 unspecified atom stereocenters. The first-order valence-electron chi connectivity index (χ1n) is 9.79. The summed E-state index contributed by atoms with van der Waals surface area (Å²) in [6.45, 7) is 2.90. The molecule has 1 aliphatic rings. The second-order valence-electron chi connectivity index (χ2n) is 7.74. The van der Waals surface area contributed by atoms with Gasteiger partial charge in [0.2, 0.25) is 5.89 Å². The Morgan fingerprint density at radius 3 is 2.32 bits per heavy atom. The van der Waals surface area contributed by atoms with Gasteiger partial charge in [-0.3, -0.25) is 4.90 Å². The Kier molecular flexibility index (Phi) is 5.52. The molecular formula is C22H27N5O. The maximum atomic E-state index is 6.66. The highest BCUT2D eigenvalue weighted by Crippen LogP contribution is 2.25. The van der Waals surface area contributed by atoms with E-state index in [-0.39, 0.29) is 11.6 Å². The Balaban J connectivity index is 1.34. The summed E-state index contributed by atoms with van der Waals surface area (Å²) >= 11 is 0. The van der Waals surface area contributed by atoms with Crippen molar-refractivity contribution < 1.29 is 4.52 Å². The molecule has 0 radical (unpaired) electrons. The summed E-state index contributed by atoms with van der Waals surface area (Å²) in [7, 11) is 0. The molecule has 1 saturated heterocycles. The minimum atomic E-state index is -0.389. The van der Waals surface area contributed by atoms with Crippen molar-refractivity contribution in [3.8, 4) is 0 Å². The molecule has 2 heterocycles. The van der Waals surface area contributed by atoms with E-state index >= 15 is 0 Å². The first-order chi connectivity index (χ1) is 13.6. The number of hydrogen-bond acceptors (Lipinski definition) is 6. The standard InChI is InChI=1S/C22H27N5O/c23-20(18-9-5-2-6-10-18)21-25-19(28-26-21)15-22(24)11-13-27(14-12-22)16-17-7-3-1-4-8-17/h1-10,20H,11-16,23-24H2. The third kappa shape index (κ3) is 4.47. The summed E-state index contributed by atoms with van der Waals surface area (Å²) in [6, 6.07) is 20.0. The fourth-order valence-corrected chi connectivity index (χ4v) is 3.75. The van der Waals surface area contributed by atoms with Crippen molar-refractivity contribution in [2.45, 2.75) is 37.4 Å². The summed E-state index contributed by atoms with van der Waals surface area (Å²) in [5, 5.41) is 4.08. The van der Waals surface area contributed by atoms with Crippen molar-refractivity contribution in [2.75, 3.05) is 13.1 Å². The van der Waals surface area contributed by atoms with Gasteiger partial charge < -0.3 is 16.0 Å². The van der Waals surface area contributed by atoms with Crippen LogP contribution in [0, 0.1) is 0 Å². The van der Waals surface area contributed by atoms with E-state index in [9.17, 15) is 0 Å². The topological polar surface area (TPSA) is 94.2 Å². The number of aromatic nitrogens is 2. The van der Waals surface area contributed by atoms with E-state index in [4.69, 9.17) is 16.0 Å². The molecule has 0 aliphatic carbocycles. The van der Waals surface area contributed by atoms with Gasteiger partial charge in [-0.1, -0.05) is 65.8 Å². The molecule has 1 fully saturated rings. The zero-order valence-corrected chi connectivity index (χ0v) is 16.0. The predicted molar refractivity (Wildman–Crippen MR) is 108 cm³/mol. The first-order valence-corrected chi connectivity index (χ1v) is 9.79. The van der Waals surface area contributed by atoms with Crippen LogP contribution in [0.2, 0.25) is 0 Å². The van der Waals surface area contributed by atoms with E-state index in [0.717, 1.165) is 38.0 Å². The van der Waals surface area contributed by atoms with Gasteiger partial charge in [-0.05, 0) is 24.0 Å². The van der Waals surface area contributed by atoms with Crippen LogP contribution in [0.3, 0.4) is 0 Å². The number of piperidine rings is 1. The van der Waals surface area contributed by atoms with E-state index in [2.05, 4.69) is 39.3 Å². The summed E-state index contributed by atoms with van der Waals surface area (Å²) in [5.41, 5.74) is 14.9. The first kappa shape index (κ1) is 18.8. The van der Waals surface area contributed by atoms with Crippen LogP contribution in [0.5, 0.6) is 0 Å². The van der Waals surface area contributed by atoms with Crippen LogP contribution in [0.25, 0.3) is 0 Å². The van der Waals surface area contributed by atoms with Crippen molar-refractivity contribution >= 4 is 0 Å². The van der Waals surface area contributed by atoms with E-state index in [1.807, 2.05) is 36.4 Å². The Bertz CT molecular complexity index is 872. The Labute approximate surface area is 165 Å². The number of benzene rings is 2. The lowest BCUT2D eigenvalue weighted by Gasteiger charge is -2.38. The average Bonchev–Trinajstić information content (AvgIpc) is 3.19. The molecule has 6 heteroatoms. The van der Waals surface area contributed by atoms with Crippen LogP contribution in [-0.4, -0.2) is 33.7 Å². The van der Waals surface area contributed by atoms with E-state index in [1.165, 1.54) is 5.56 Å². The molecule has 4 N–H and O–H groups in total. The zero-order valence-electron chi connectivity index (χ0n) is 16.0. The lowest BCUT2D eigenvalue weighted by Crippen LogP contribution is -2.51. The van der Waals surface area contributed by atoms with Crippen LogP contribution in [-0.2, 0) is 13.0 Å². The summed E-state index contributed by atoms with van der Waals surface area (Å²) in [4.78, 5) is 6.97. The highest BCUT2D eigenvalue weighted by atomic mass is 16.5. The molecule has 2 aromatic carbocycles. The van der Waals surface area contributed by atoms with Gasteiger partial charge in [0.25, 0.3) is 0 Å². The second kappa shape index (κ2) is 8.22. The number of nitrogens with zero attached hydrogens (tertiary/aromatic N) is 3. The molecule has 0 amide bonds. The van der Waals surface area contributed by atoms with Gasteiger partial charge >= 0.3 is 0 Å². The largest absolute Gasteiger partial charge is 0.339 e. The summed E-state index contributed by atoms with van der Waals surface area (Å²) in [5.74, 6) is 1.08. The second-order valence-corrected chi connectivity index (χ2v) is 7.74. The third-order valence-corrected chi connectivity index (χ3v) is 5.52. The van der Waals surface area contributed by atoms with E-state index in [1.54, 1.807) is 0 Å². The van der Waals surface area contributed by atoms with Crippen LogP contribution in [0.15, 0.2) is 65.2 Å². The van der Waals surface area contributed by atoms with Crippen molar-refractivity contribution in [1.29, 1.82) is 0 Å². The van der Waals surface area contributed by atoms with Crippen molar-refractivity contribution in [3.63, 3.8) is 0 Å². The van der Waals surface area contributed by atoms with Gasteiger partial charge in [-0.2, -0.15) is 4.98 Å². The lowest BCUT2D eigenvalue weighted by molar-refractivity contribution is 0.148. The van der Waals surface area contributed by atoms with Crippen LogP contribution in [0.4, 0.5) is 0 Å². The fourth-order valence-electron chi connectivity index (χ4n) is 3.75. The normalized spacial score (nSPS) is 18.1. The molecular weight excluding hydrogens is 350 g/mol. The molecule has 6 nitrogen and oxygen atoms in total. The molecule has 28 heavy (non-hydrogen) atoms. The van der Waals surface area contributed by atoms with Gasteiger partial charge in [-0.25, -0.2) is 0 Å². The smallest absolute Gasteiger partial charge is 0.228 e. The average molecular weight is 377 g/mol. The van der Waals surface area contributed by atoms with Crippen LogP contribution >= 0.6 is 0 Å². The number of hydrogen-bond donors (Lipinski definition) is 2. The third-order valence-electron chi connectivity index (χ3n) is 5.52. The molecule has 1 atom stereocenters. The molecule has 0 bridgehead atoms. The van der Waals surface area contributed by atoms with Gasteiger partial charge in [0, 0.05) is 31.6 Å². The molecule has 146 valence electrons. The van der Waals surface area contributed by atoms with Gasteiger partial charge in [0.05, 0.1) is 6.04 Å². The molecule has 4 rings (SSSR count). The molecule has 0 spiro atoms. The number of likely N-dealkylation sites (tertiary alicyclic amines) is 1. The quantitative estimate of drug-likeness (QED) is 0.686. The minimum absolute atomic E-state index is 0.312. The van der Waals surface area contributed by atoms with Gasteiger partial charge in [0.1, 0.15) is 0 Å². The SMILES string of the molecule is NC(c1ccccc1)c1noc(CC2(N)CCN(Cc3ccccc3)CC2)n1. The molecule has 1 aliphatic heterocycles. The number of rotatable bonds is 6. The molecule has 0 saturated carbocycles. The Morgan fingerprint density at radius 1 is 1.00 bits per heavy atom. The van der Waals surface area contributed by atoms with Gasteiger partial charge in [-0.15, -0.1) is 0 Å². The lowest BCUT2D eigenvalue weighted by atomic mass is 9.85. The number of nitrogens with two attached hydrogens (primary N) is 2. The monoisotopic (exact) mass is 377 g/mol. The fraction of sp³-hybridized carbons (Fsp3) is 0.364. The molecule has 3 aromatic rings. The highest BCUT2D eigenvalue weighted by Gasteiger charge is 2.33. The Hall–Kier alpha value is -2.54. The van der Waals surface area contributed by atoms with Gasteiger partial charge in [0.15, 0.2) is 5.82 Å². The van der Waals surface area contributed by atoms with Crippen molar-refractivity contribution in [1.82, 2.24) is 15.0 Å². The summed E-state index contributed by atoms with van der Waals surface area (Å²) < 4.78 is 5.46. The zero-order chi connectivity index (χ0) is 19.4. The minimum Gasteiger partial charge on any atom is -0.339 e. The Morgan fingerprint density at radius 2 is 1.64 bits per heavy atom. The predicted octanol–water partition coefficient (Wildman–Crippen LogP) is 2.65. The molecule has 1 aromatic heterocycles.